The summed E-state index contributed by atoms with van der Waals surface area (Å²) in [6.07, 6.45) is 3.23. The number of amides is 1. The van der Waals surface area contributed by atoms with Crippen molar-refractivity contribution in [2.75, 3.05) is 25.0 Å². The van der Waals surface area contributed by atoms with Crippen LogP contribution in [0.5, 0.6) is 0 Å². The van der Waals surface area contributed by atoms with E-state index in [1.807, 2.05) is 0 Å². The standard InChI is InChI=1S/C17H27N3O/c1-4-19-12-14-8-9-15(13(2)11-14)20-10-6-5-7-16(20)17(21)18-3/h8-9,11,16,19H,4-7,10,12H2,1-3H3,(H,18,21). The van der Waals surface area contributed by atoms with Gasteiger partial charge in [0.25, 0.3) is 0 Å². The van der Waals surface area contributed by atoms with E-state index in [0.29, 0.717) is 0 Å². The second-order valence-corrected chi connectivity index (χ2v) is 5.72. The van der Waals surface area contributed by atoms with Crippen LogP contribution in [0.3, 0.4) is 0 Å². The number of rotatable bonds is 5. The molecule has 21 heavy (non-hydrogen) atoms. The third-order valence-corrected chi connectivity index (χ3v) is 4.20. The highest BCUT2D eigenvalue weighted by Crippen LogP contribution is 2.28. The first-order valence-corrected chi connectivity index (χ1v) is 7.95. The largest absolute Gasteiger partial charge is 0.359 e. The molecule has 0 aromatic heterocycles. The predicted octanol–water partition coefficient (Wildman–Crippen LogP) is 2.21. The topological polar surface area (TPSA) is 44.4 Å². The lowest BCUT2D eigenvalue weighted by Gasteiger charge is -2.37. The molecule has 1 fully saturated rings. The first-order valence-electron chi connectivity index (χ1n) is 7.95. The molecule has 4 nitrogen and oxygen atoms in total. The monoisotopic (exact) mass is 289 g/mol. The van der Waals surface area contributed by atoms with Crippen LogP contribution in [0.4, 0.5) is 5.69 Å². The van der Waals surface area contributed by atoms with Crippen molar-refractivity contribution in [3.8, 4) is 0 Å². The smallest absolute Gasteiger partial charge is 0.242 e. The minimum Gasteiger partial charge on any atom is -0.359 e. The van der Waals surface area contributed by atoms with Crippen molar-refractivity contribution >= 4 is 11.6 Å². The quantitative estimate of drug-likeness (QED) is 0.873. The van der Waals surface area contributed by atoms with E-state index < -0.39 is 0 Å². The fraction of sp³-hybridized carbons (Fsp3) is 0.588. The molecule has 1 aromatic carbocycles. The van der Waals surface area contributed by atoms with Crippen LogP contribution in [0.15, 0.2) is 18.2 Å². The van der Waals surface area contributed by atoms with Gasteiger partial charge in [-0.2, -0.15) is 0 Å². The van der Waals surface area contributed by atoms with E-state index >= 15 is 0 Å². The van der Waals surface area contributed by atoms with Gasteiger partial charge in [-0.3, -0.25) is 4.79 Å². The number of nitrogens with zero attached hydrogens (tertiary/aromatic N) is 1. The molecular formula is C17H27N3O. The summed E-state index contributed by atoms with van der Waals surface area (Å²) in [5.74, 6) is 0.130. The molecule has 116 valence electrons. The summed E-state index contributed by atoms with van der Waals surface area (Å²) in [6.45, 7) is 7.09. The molecule has 0 aliphatic carbocycles. The van der Waals surface area contributed by atoms with E-state index in [-0.39, 0.29) is 11.9 Å². The molecule has 1 heterocycles. The third kappa shape index (κ3) is 3.76. The molecule has 2 rings (SSSR count). The number of carbonyl (C=O) groups is 1. The Bertz CT molecular complexity index is 487. The summed E-state index contributed by atoms with van der Waals surface area (Å²) in [5.41, 5.74) is 3.75. The zero-order valence-corrected chi connectivity index (χ0v) is 13.4. The van der Waals surface area contributed by atoms with Gasteiger partial charge in [-0.1, -0.05) is 19.1 Å². The fourth-order valence-corrected chi connectivity index (χ4v) is 3.08. The number of aryl methyl sites for hydroxylation is 1. The lowest BCUT2D eigenvalue weighted by Crippen LogP contribution is -2.49. The van der Waals surface area contributed by atoms with Gasteiger partial charge in [0.15, 0.2) is 0 Å². The zero-order chi connectivity index (χ0) is 15.2. The van der Waals surface area contributed by atoms with E-state index in [9.17, 15) is 4.79 Å². The molecule has 1 aliphatic heterocycles. The van der Waals surface area contributed by atoms with Crippen molar-refractivity contribution in [1.82, 2.24) is 10.6 Å². The van der Waals surface area contributed by atoms with Crippen LogP contribution in [0.1, 0.15) is 37.3 Å². The second-order valence-electron chi connectivity index (χ2n) is 5.72. The Balaban J connectivity index is 2.20. The third-order valence-electron chi connectivity index (χ3n) is 4.20. The van der Waals surface area contributed by atoms with Crippen LogP contribution in [-0.4, -0.2) is 32.1 Å². The van der Waals surface area contributed by atoms with Crippen LogP contribution < -0.4 is 15.5 Å². The molecule has 1 unspecified atom stereocenters. The summed E-state index contributed by atoms with van der Waals surface area (Å²) in [6, 6.07) is 6.54. The maximum absolute atomic E-state index is 12.1. The highest BCUT2D eigenvalue weighted by atomic mass is 16.2. The van der Waals surface area contributed by atoms with Crippen LogP contribution in [0.25, 0.3) is 0 Å². The van der Waals surface area contributed by atoms with E-state index in [1.54, 1.807) is 7.05 Å². The molecule has 4 heteroatoms. The maximum Gasteiger partial charge on any atom is 0.242 e. The second kappa shape index (κ2) is 7.46. The van der Waals surface area contributed by atoms with Crippen molar-refractivity contribution in [3.05, 3.63) is 29.3 Å². The fourth-order valence-electron chi connectivity index (χ4n) is 3.08. The van der Waals surface area contributed by atoms with Gasteiger partial charge >= 0.3 is 0 Å². The minimum absolute atomic E-state index is 0.0259. The van der Waals surface area contributed by atoms with Crippen molar-refractivity contribution < 1.29 is 4.79 Å². The van der Waals surface area contributed by atoms with Gasteiger partial charge in [0.05, 0.1) is 0 Å². The SMILES string of the molecule is CCNCc1ccc(N2CCCCC2C(=O)NC)c(C)c1. The molecule has 2 N–H and O–H groups in total. The number of nitrogens with one attached hydrogen (secondary N) is 2. The summed E-state index contributed by atoms with van der Waals surface area (Å²) < 4.78 is 0. The molecule has 0 saturated carbocycles. The maximum atomic E-state index is 12.1. The Morgan fingerprint density at radius 3 is 2.86 bits per heavy atom. The van der Waals surface area contributed by atoms with Crippen LogP contribution in [0, 0.1) is 6.92 Å². The van der Waals surface area contributed by atoms with Gasteiger partial charge < -0.3 is 15.5 Å². The molecule has 1 amide bonds. The molecule has 1 saturated heterocycles. The first kappa shape index (κ1) is 15.8. The molecule has 0 bridgehead atoms. The van der Waals surface area contributed by atoms with Crippen molar-refractivity contribution in [3.63, 3.8) is 0 Å². The number of hydrogen-bond acceptors (Lipinski definition) is 3. The number of carbonyl (C=O) groups excluding carboxylic acids is 1. The normalized spacial score (nSPS) is 18.6. The van der Waals surface area contributed by atoms with Gasteiger partial charge in [-0.05, 0) is 49.9 Å². The Morgan fingerprint density at radius 1 is 1.38 bits per heavy atom. The average molecular weight is 289 g/mol. The van der Waals surface area contributed by atoms with Crippen molar-refractivity contribution in [1.29, 1.82) is 0 Å². The lowest BCUT2D eigenvalue weighted by atomic mass is 9.98. The number of benzene rings is 1. The average Bonchev–Trinajstić information content (AvgIpc) is 2.52. The van der Waals surface area contributed by atoms with Gasteiger partial charge in [-0.25, -0.2) is 0 Å². The van der Waals surface area contributed by atoms with Crippen molar-refractivity contribution in [2.24, 2.45) is 0 Å². The van der Waals surface area contributed by atoms with E-state index in [4.69, 9.17) is 0 Å². The van der Waals surface area contributed by atoms with Crippen LogP contribution in [-0.2, 0) is 11.3 Å². The molecule has 1 aliphatic rings. The van der Waals surface area contributed by atoms with Gasteiger partial charge in [-0.15, -0.1) is 0 Å². The van der Waals surface area contributed by atoms with E-state index in [1.165, 1.54) is 16.8 Å². The van der Waals surface area contributed by atoms with Crippen molar-refractivity contribution in [2.45, 2.75) is 45.7 Å². The van der Waals surface area contributed by atoms with E-state index in [2.05, 4.69) is 47.6 Å². The summed E-state index contributed by atoms with van der Waals surface area (Å²) >= 11 is 0. The number of likely N-dealkylation sites (N-methyl/N-ethyl adjacent to an activating group) is 1. The number of anilines is 1. The molecule has 1 atom stereocenters. The highest BCUT2D eigenvalue weighted by Gasteiger charge is 2.28. The molecule has 1 aromatic rings. The summed E-state index contributed by atoms with van der Waals surface area (Å²) in [5, 5.41) is 6.15. The Hall–Kier alpha value is -1.55. The molecule has 0 spiro atoms. The highest BCUT2D eigenvalue weighted by molar-refractivity contribution is 5.85. The zero-order valence-electron chi connectivity index (χ0n) is 13.4. The van der Waals surface area contributed by atoms with Gasteiger partial charge in [0, 0.05) is 25.8 Å². The predicted molar refractivity (Wildman–Crippen MR) is 87.6 cm³/mol. The first-order chi connectivity index (χ1) is 10.2. The minimum atomic E-state index is -0.0259. The van der Waals surface area contributed by atoms with Gasteiger partial charge in [0.2, 0.25) is 5.91 Å². The lowest BCUT2D eigenvalue weighted by molar-refractivity contribution is -0.122. The summed E-state index contributed by atoms with van der Waals surface area (Å²) in [7, 11) is 1.72. The Morgan fingerprint density at radius 2 is 2.19 bits per heavy atom. The van der Waals surface area contributed by atoms with E-state index in [0.717, 1.165) is 38.9 Å². The van der Waals surface area contributed by atoms with Crippen LogP contribution in [0.2, 0.25) is 0 Å². The number of hydrogen-bond donors (Lipinski definition) is 2. The Kier molecular flexibility index (Phi) is 5.62. The Labute approximate surface area is 127 Å². The molecule has 0 radical (unpaired) electrons. The number of piperidine rings is 1. The molecular weight excluding hydrogens is 262 g/mol. The van der Waals surface area contributed by atoms with Crippen LogP contribution >= 0.6 is 0 Å². The van der Waals surface area contributed by atoms with Gasteiger partial charge in [0.1, 0.15) is 6.04 Å². The summed E-state index contributed by atoms with van der Waals surface area (Å²) in [4.78, 5) is 14.4.